The fraction of sp³-hybridized carbons (Fsp3) is 0.692. The summed E-state index contributed by atoms with van der Waals surface area (Å²) in [6.07, 6.45) is 0.525. The molecule has 0 rings (SSSR count). The van der Waals surface area contributed by atoms with E-state index < -0.39 is 23.3 Å². The smallest absolute Gasteiger partial charge is 0.433 e. The van der Waals surface area contributed by atoms with Crippen LogP contribution < -0.4 is 0 Å². The van der Waals surface area contributed by atoms with Gasteiger partial charge >= 0.3 is 12.1 Å². The molecule has 1 unspecified atom stereocenters. The molecule has 0 bridgehead atoms. The first-order valence-corrected chi connectivity index (χ1v) is 6.27. The van der Waals surface area contributed by atoms with Gasteiger partial charge in [-0.3, -0.25) is 9.78 Å². The van der Waals surface area contributed by atoms with Crippen LogP contribution in [-0.2, 0) is 29.1 Å². The molecular formula is C13H22O7. The minimum atomic E-state index is -1.51. The van der Waals surface area contributed by atoms with Crippen LogP contribution in [0, 0.1) is 5.41 Å². The van der Waals surface area contributed by atoms with Gasteiger partial charge in [-0.2, -0.15) is 0 Å². The number of hydrogen-bond acceptors (Lipinski definition) is 7. The molecule has 20 heavy (non-hydrogen) atoms. The van der Waals surface area contributed by atoms with E-state index in [1.807, 2.05) is 6.92 Å². The van der Waals surface area contributed by atoms with Crippen molar-refractivity contribution in [2.45, 2.75) is 46.8 Å². The van der Waals surface area contributed by atoms with Crippen LogP contribution in [0.5, 0.6) is 0 Å². The topological polar surface area (TPSA) is 80.3 Å². The van der Waals surface area contributed by atoms with Crippen LogP contribution in [-0.4, -0.2) is 24.5 Å². The van der Waals surface area contributed by atoms with Gasteiger partial charge in [0.1, 0.15) is 0 Å². The van der Waals surface area contributed by atoms with E-state index in [0.717, 1.165) is 6.08 Å². The SMILES string of the molecule is C=CC(=O)OOC(C)(OOC(=O)OCC)C(C)(C)CC. The van der Waals surface area contributed by atoms with Crippen molar-refractivity contribution in [1.82, 2.24) is 0 Å². The van der Waals surface area contributed by atoms with Gasteiger partial charge in [0.05, 0.1) is 6.61 Å². The van der Waals surface area contributed by atoms with E-state index in [0.29, 0.717) is 6.42 Å². The largest absolute Gasteiger partial charge is 0.540 e. The molecule has 0 heterocycles. The zero-order valence-electron chi connectivity index (χ0n) is 12.6. The van der Waals surface area contributed by atoms with E-state index in [1.54, 1.807) is 20.8 Å². The molecule has 0 aromatic carbocycles. The second kappa shape index (κ2) is 7.86. The van der Waals surface area contributed by atoms with Gasteiger partial charge in [-0.25, -0.2) is 9.59 Å². The van der Waals surface area contributed by atoms with Gasteiger partial charge in [0.15, 0.2) is 0 Å². The van der Waals surface area contributed by atoms with Crippen molar-refractivity contribution in [3.8, 4) is 0 Å². The summed E-state index contributed by atoms with van der Waals surface area (Å²) >= 11 is 0. The molecule has 116 valence electrons. The minimum absolute atomic E-state index is 0.141. The van der Waals surface area contributed by atoms with Crippen LogP contribution >= 0.6 is 0 Å². The summed E-state index contributed by atoms with van der Waals surface area (Å²) in [7, 11) is 0. The third-order valence-electron chi connectivity index (χ3n) is 3.09. The molecule has 0 aliphatic heterocycles. The molecule has 0 amide bonds. The highest BCUT2D eigenvalue weighted by atomic mass is 17.3. The van der Waals surface area contributed by atoms with E-state index in [9.17, 15) is 9.59 Å². The third-order valence-corrected chi connectivity index (χ3v) is 3.09. The zero-order chi connectivity index (χ0) is 15.8. The van der Waals surface area contributed by atoms with Crippen molar-refractivity contribution in [2.75, 3.05) is 6.61 Å². The molecule has 7 heteroatoms. The van der Waals surface area contributed by atoms with Crippen LogP contribution in [0.15, 0.2) is 12.7 Å². The first-order chi connectivity index (χ1) is 9.22. The predicted molar refractivity (Wildman–Crippen MR) is 69.0 cm³/mol. The Morgan fingerprint density at radius 1 is 1.10 bits per heavy atom. The molecule has 0 N–H and O–H groups in total. The number of carbonyl (C=O) groups is 2. The van der Waals surface area contributed by atoms with Gasteiger partial charge in [0.2, 0.25) is 0 Å². The van der Waals surface area contributed by atoms with Crippen molar-refractivity contribution in [3.63, 3.8) is 0 Å². The minimum Gasteiger partial charge on any atom is -0.433 e. The molecule has 0 spiro atoms. The summed E-state index contributed by atoms with van der Waals surface area (Å²) in [5.74, 6) is -2.30. The van der Waals surface area contributed by atoms with Crippen LogP contribution in [0.4, 0.5) is 4.79 Å². The summed E-state index contributed by atoms with van der Waals surface area (Å²) in [4.78, 5) is 41.2. The highest BCUT2D eigenvalue weighted by Gasteiger charge is 2.47. The van der Waals surface area contributed by atoms with E-state index in [1.165, 1.54) is 6.92 Å². The molecule has 0 fully saturated rings. The third kappa shape index (κ3) is 5.18. The molecule has 7 nitrogen and oxygen atoms in total. The first-order valence-electron chi connectivity index (χ1n) is 6.27. The van der Waals surface area contributed by atoms with E-state index >= 15 is 0 Å². The summed E-state index contributed by atoms with van der Waals surface area (Å²) in [6, 6.07) is 0. The fourth-order valence-electron chi connectivity index (χ4n) is 0.971. The number of carbonyl (C=O) groups excluding carboxylic acids is 2. The van der Waals surface area contributed by atoms with Crippen LogP contribution in [0.25, 0.3) is 0 Å². The second-order valence-corrected chi connectivity index (χ2v) is 4.72. The van der Waals surface area contributed by atoms with Crippen molar-refractivity contribution in [3.05, 3.63) is 12.7 Å². The van der Waals surface area contributed by atoms with E-state index in [4.69, 9.17) is 9.78 Å². The normalized spacial score (nSPS) is 14.1. The van der Waals surface area contributed by atoms with Crippen molar-refractivity contribution >= 4 is 12.1 Å². The molecule has 0 aliphatic carbocycles. The number of ether oxygens (including phenoxy) is 1. The molecule has 0 aromatic heterocycles. The Morgan fingerprint density at radius 2 is 1.65 bits per heavy atom. The van der Waals surface area contributed by atoms with Gasteiger partial charge in [-0.05, 0) is 20.3 Å². The molecule has 0 radical (unpaired) electrons. The standard InChI is InChI=1S/C13H22O7/c1-7-10(14)17-19-13(6,12(4,5)8-2)20-18-11(15)16-9-3/h7H,1,8-9H2,2-6H3. The lowest BCUT2D eigenvalue weighted by atomic mass is 9.82. The molecule has 0 saturated heterocycles. The van der Waals surface area contributed by atoms with Crippen LogP contribution in [0.1, 0.15) is 41.0 Å². The Labute approximate surface area is 118 Å². The Bertz CT molecular complexity index is 351. The Balaban J connectivity index is 4.83. The lowest BCUT2D eigenvalue weighted by Gasteiger charge is -2.38. The first kappa shape index (κ1) is 18.4. The summed E-state index contributed by atoms with van der Waals surface area (Å²) < 4.78 is 4.56. The van der Waals surface area contributed by atoms with E-state index in [-0.39, 0.29) is 6.61 Å². The zero-order valence-corrected chi connectivity index (χ0v) is 12.6. The van der Waals surface area contributed by atoms with Crippen LogP contribution in [0.3, 0.4) is 0 Å². The van der Waals surface area contributed by atoms with Gasteiger partial charge in [-0.1, -0.05) is 27.4 Å². The summed E-state index contributed by atoms with van der Waals surface area (Å²) in [5, 5.41) is 0. The van der Waals surface area contributed by atoms with Gasteiger partial charge in [0, 0.05) is 11.5 Å². The molecule has 0 aromatic rings. The lowest BCUT2D eigenvalue weighted by molar-refractivity contribution is -0.500. The Hall–Kier alpha value is -1.60. The lowest BCUT2D eigenvalue weighted by Crippen LogP contribution is -2.47. The maximum Gasteiger partial charge on any atom is 0.540 e. The maximum atomic E-state index is 11.2. The highest BCUT2D eigenvalue weighted by molar-refractivity contribution is 5.80. The Morgan fingerprint density at radius 3 is 2.10 bits per heavy atom. The molecular weight excluding hydrogens is 268 g/mol. The quantitative estimate of drug-likeness (QED) is 0.223. The maximum absolute atomic E-state index is 11.2. The monoisotopic (exact) mass is 290 g/mol. The van der Waals surface area contributed by atoms with Crippen molar-refractivity contribution < 1.29 is 33.9 Å². The molecule has 0 aliphatic rings. The van der Waals surface area contributed by atoms with Crippen LogP contribution in [0.2, 0.25) is 0 Å². The van der Waals surface area contributed by atoms with Gasteiger partial charge < -0.3 is 4.74 Å². The van der Waals surface area contributed by atoms with Gasteiger partial charge in [0.25, 0.3) is 5.79 Å². The number of hydrogen-bond donors (Lipinski definition) is 0. The highest BCUT2D eigenvalue weighted by Crippen LogP contribution is 2.38. The summed E-state index contributed by atoms with van der Waals surface area (Å²) in [6.45, 7) is 12.0. The average Bonchev–Trinajstić information content (AvgIpc) is 2.42. The fourth-order valence-corrected chi connectivity index (χ4v) is 0.971. The molecule has 1 atom stereocenters. The van der Waals surface area contributed by atoms with Crippen molar-refractivity contribution in [1.29, 1.82) is 0 Å². The van der Waals surface area contributed by atoms with Gasteiger partial charge in [-0.15, -0.1) is 9.78 Å². The van der Waals surface area contributed by atoms with E-state index in [2.05, 4.69) is 21.1 Å². The Kier molecular flexibility index (Phi) is 7.23. The molecule has 0 saturated carbocycles. The van der Waals surface area contributed by atoms with Crippen molar-refractivity contribution in [2.24, 2.45) is 5.41 Å². The second-order valence-electron chi connectivity index (χ2n) is 4.72. The number of rotatable bonds is 8. The predicted octanol–water partition coefficient (Wildman–Crippen LogP) is 2.90. The average molecular weight is 290 g/mol. The summed E-state index contributed by atoms with van der Waals surface area (Å²) in [5.41, 5.74) is -0.624.